The van der Waals surface area contributed by atoms with Crippen LogP contribution < -0.4 is 4.74 Å². The second kappa shape index (κ2) is 5.76. The highest BCUT2D eigenvalue weighted by Gasteiger charge is 2.33. The van der Waals surface area contributed by atoms with Crippen molar-refractivity contribution in [1.29, 1.82) is 0 Å². The number of hydrogen-bond donors (Lipinski definition) is 1. The van der Waals surface area contributed by atoms with Gasteiger partial charge in [0.15, 0.2) is 0 Å². The number of aromatic nitrogens is 1. The van der Waals surface area contributed by atoms with E-state index in [1.165, 1.54) is 29.9 Å². The second-order valence-corrected chi connectivity index (χ2v) is 6.54. The number of ether oxygens (including phenoxy) is 1. The van der Waals surface area contributed by atoms with Crippen molar-refractivity contribution in [2.75, 3.05) is 20.2 Å². The monoisotopic (exact) mass is 300 g/mol. The Labute approximate surface area is 117 Å². The molecule has 1 aliphatic heterocycles. The highest BCUT2D eigenvalue weighted by Crippen LogP contribution is 2.25. The van der Waals surface area contributed by atoms with Gasteiger partial charge in [0.1, 0.15) is 10.6 Å². The zero-order valence-electron chi connectivity index (χ0n) is 11.0. The first kappa shape index (κ1) is 14.7. The maximum atomic E-state index is 12.5. The largest absolute Gasteiger partial charge is 0.495 e. The molecule has 8 heteroatoms. The maximum absolute atomic E-state index is 12.5. The number of aliphatic carboxylic acids is 1. The van der Waals surface area contributed by atoms with Gasteiger partial charge in [-0.3, -0.25) is 9.78 Å². The van der Waals surface area contributed by atoms with Gasteiger partial charge in [-0.1, -0.05) is 0 Å². The molecule has 2 rings (SSSR count). The minimum absolute atomic E-state index is 0.00508. The summed E-state index contributed by atoms with van der Waals surface area (Å²) < 4.78 is 31.1. The Hall–Kier alpha value is -1.67. The number of methoxy groups -OCH3 is 1. The van der Waals surface area contributed by atoms with Gasteiger partial charge >= 0.3 is 5.97 Å². The Morgan fingerprint density at radius 2 is 2.25 bits per heavy atom. The molecule has 1 N–H and O–H groups in total. The molecule has 20 heavy (non-hydrogen) atoms. The van der Waals surface area contributed by atoms with Gasteiger partial charge in [-0.2, -0.15) is 4.31 Å². The predicted octanol–water partition coefficient (Wildman–Crippen LogP) is 0.575. The third-order valence-electron chi connectivity index (χ3n) is 3.29. The van der Waals surface area contributed by atoms with E-state index in [9.17, 15) is 13.2 Å². The number of piperidine rings is 1. The van der Waals surface area contributed by atoms with E-state index in [0.717, 1.165) is 0 Å². The average molecular weight is 300 g/mol. The van der Waals surface area contributed by atoms with Crippen LogP contribution in [0.4, 0.5) is 0 Å². The first-order valence-corrected chi connectivity index (χ1v) is 7.61. The van der Waals surface area contributed by atoms with Crippen molar-refractivity contribution in [2.45, 2.75) is 17.7 Å². The molecular weight excluding hydrogens is 284 g/mol. The van der Waals surface area contributed by atoms with Crippen LogP contribution in [0.25, 0.3) is 0 Å². The summed E-state index contributed by atoms with van der Waals surface area (Å²) in [7, 11) is -2.31. The molecule has 1 aromatic heterocycles. The zero-order chi connectivity index (χ0) is 14.8. The van der Waals surface area contributed by atoms with Gasteiger partial charge in [0, 0.05) is 25.4 Å². The lowest BCUT2D eigenvalue weighted by molar-refractivity contribution is -0.142. The molecule has 7 nitrogen and oxygen atoms in total. The summed E-state index contributed by atoms with van der Waals surface area (Å²) >= 11 is 0. The summed E-state index contributed by atoms with van der Waals surface area (Å²) in [4.78, 5) is 14.9. The number of hydrogen-bond acceptors (Lipinski definition) is 5. The number of carbonyl (C=O) groups is 1. The molecule has 0 spiro atoms. The Morgan fingerprint density at radius 1 is 1.50 bits per heavy atom. The van der Waals surface area contributed by atoms with E-state index < -0.39 is 21.9 Å². The minimum atomic E-state index is -3.73. The number of nitrogens with zero attached hydrogens (tertiary/aromatic N) is 2. The van der Waals surface area contributed by atoms with Gasteiger partial charge in [0.25, 0.3) is 0 Å². The number of pyridine rings is 1. The molecule has 0 aliphatic carbocycles. The summed E-state index contributed by atoms with van der Waals surface area (Å²) in [5, 5.41) is 9.02. The standard InChI is InChI=1S/C12H16N2O5S/c1-19-10-5-11(7-13-6-10)20(17,18)14-4-2-3-9(8-14)12(15)16/h5-7,9H,2-4,8H2,1H3,(H,15,16). The van der Waals surface area contributed by atoms with Crippen LogP contribution >= 0.6 is 0 Å². The molecule has 2 heterocycles. The summed E-state index contributed by atoms with van der Waals surface area (Å²) in [6, 6.07) is 1.38. The van der Waals surface area contributed by atoms with Crippen molar-refractivity contribution >= 4 is 16.0 Å². The lowest BCUT2D eigenvalue weighted by Gasteiger charge is -2.29. The van der Waals surface area contributed by atoms with Crippen LogP contribution in [0.5, 0.6) is 5.75 Å². The van der Waals surface area contributed by atoms with Gasteiger partial charge < -0.3 is 9.84 Å². The highest BCUT2D eigenvalue weighted by molar-refractivity contribution is 7.89. The zero-order valence-corrected chi connectivity index (χ0v) is 11.8. The number of carboxylic acid groups (broad SMARTS) is 1. The smallest absolute Gasteiger partial charge is 0.307 e. The summed E-state index contributed by atoms with van der Waals surface area (Å²) in [6.07, 6.45) is 3.68. The molecule has 1 unspecified atom stereocenters. The van der Waals surface area contributed by atoms with Crippen LogP contribution in [-0.4, -0.2) is 49.0 Å². The Bertz CT molecular complexity index is 602. The van der Waals surface area contributed by atoms with Crippen molar-refractivity contribution in [3.8, 4) is 5.75 Å². The van der Waals surface area contributed by atoms with Crippen LogP contribution in [0, 0.1) is 5.92 Å². The molecule has 110 valence electrons. The van der Waals surface area contributed by atoms with Crippen molar-refractivity contribution in [3.05, 3.63) is 18.5 Å². The summed E-state index contributed by atoms with van der Waals surface area (Å²) in [5.41, 5.74) is 0. The molecule has 1 aliphatic rings. The molecule has 1 saturated heterocycles. The van der Waals surface area contributed by atoms with E-state index in [1.54, 1.807) is 0 Å². The quantitative estimate of drug-likeness (QED) is 0.873. The first-order chi connectivity index (χ1) is 9.45. The minimum Gasteiger partial charge on any atom is -0.495 e. The maximum Gasteiger partial charge on any atom is 0.307 e. The number of sulfonamides is 1. The van der Waals surface area contributed by atoms with E-state index in [0.29, 0.717) is 25.1 Å². The third-order valence-corrected chi connectivity index (χ3v) is 5.13. The van der Waals surface area contributed by atoms with Crippen molar-refractivity contribution in [2.24, 2.45) is 5.92 Å². The molecule has 0 bridgehead atoms. The van der Waals surface area contributed by atoms with E-state index in [1.807, 2.05) is 0 Å². The molecule has 1 fully saturated rings. The van der Waals surface area contributed by atoms with E-state index in [4.69, 9.17) is 9.84 Å². The van der Waals surface area contributed by atoms with Gasteiger partial charge in [0.2, 0.25) is 10.0 Å². The van der Waals surface area contributed by atoms with Gasteiger partial charge in [-0.15, -0.1) is 0 Å². The fourth-order valence-electron chi connectivity index (χ4n) is 2.16. The van der Waals surface area contributed by atoms with Gasteiger partial charge in [0.05, 0.1) is 19.2 Å². The van der Waals surface area contributed by atoms with Crippen LogP contribution in [0.3, 0.4) is 0 Å². The molecule has 0 saturated carbocycles. The van der Waals surface area contributed by atoms with Crippen molar-refractivity contribution in [3.63, 3.8) is 0 Å². The number of carboxylic acids is 1. The highest BCUT2D eigenvalue weighted by atomic mass is 32.2. The Morgan fingerprint density at radius 3 is 2.90 bits per heavy atom. The Kier molecular flexibility index (Phi) is 4.24. The van der Waals surface area contributed by atoms with E-state index >= 15 is 0 Å². The third kappa shape index (κ3) is 2.91. The van der Waals surface area contributed by atoms with Crippen LogP contribution in [-0.2, 0) is 14.8 Å². The lowest BCUT2D eigenvalue weighted by Crippen LogP contribution is -2.42. The van der Waals surface area contributed by atoms with Gasteiger partial charge in [-0.05, 0) is 12.8 Å². The Balaban J connectivity index is 2.27. The van der Waals surface area contributed by atoms with Crippen LogP contribution in [0.2, 0.25) is 0 Å². The molecule has 0 aromatic carbocycles. The molecule has 0 radical (unpaired) electrons. The topological polar surface area (TPSA) is 96.8 Å². The summed E-state index contributed by atoms with van der Waals surface area (Å²) in [6.45, 7) is 0.318. The van der Waals surface area contributed by atoms with Crippen LogP contribution in [0.1, 0.15) is 12.8 Å². The molecule has 1 aromatic rings. The predicted molar refractivity (Wildman–Crippen MR) is 69.9 cm³/mol. The summed E-state index contributed by atoms with van der Waals surface area (Å²) in [5.74, 6) is -1.27. The fourth-order valence-corrected chi connectivity index (χ4v) is 3.67. The van der Waals surface area contributed by atoms with E-state index in [-0.39, 0.29) is 11.4 Å². The normalized spacial score (nSPS) is 20.6. The molecule has 0 amide bonds. The first-order valence-electron chi connectivity index (χ1n) is 6.17. The molecular formula is C12H16N2O5S. The van der Waals surface area contributed by atoms with Crippen LogP contribution in [0.15, 0.2) is 23.4 Å². The number of rotatable bonds is 4. The molecule has 1 atom stereocenters. The van der Waals surface area contributed by atoms with Crippen molar-refractivity contribution in [1.82, 2.24) is 9.29 Å². The van der Waals surface area contributed by atoms with E-state index in [2.05, 4.69) is 4.98 Å². The van der Waals surface area contributed by atoms with Crippen molar-refractivity contribution < 1.29 is 23.1 Å². The van der Waals surface area contributed by atoms with Gasteiger partial charge in [-0.25, -0.2) is 8.42 Å². The lowest BCUT2D eigenvalue weighted by atomic mass is 10.0. The second-order valence-electron chi connectivity index (χ2n) is 4.60. The fraction of sp³-hybridized carbons (Fsp3) is 0.500. The average Bonchev–Trinajstić information content (AvgIpc) is 2.47. The SMILES string of the molecule is COc1cncc(S(=O)(=O)N2CCCC(C(=O)O)C2)c1.